The van der Waals surface area contributed by atoms with Gasteiger partial charge in [-0.2, -0.15) is 0 Å². The lowest BCUT2D eigenvalue weighted by molar-refractivity contribution is -0.0484. The van der Waals surface area contributed by atoms with Gasteiger partial charge in [0.1, 0.15) is 6.10 Å². The van der Waals surface area contributed by atoms with Crippen LogP contribution in [0, 0.1) is 0 Å². The van der Waals surface area contributed by atoms with Crippen molar-refractivity contribution in [2.75, 3.05) is 19.8 Å². The topological polar surface area (TPSA) is 38.7 Å². The van der Waals surface area contributed by atoms with Gasteiger partial charge in [-0.25, -0.2) is 0 Å². The average Bonchev–Trinajstić information content (AvgIpc) is 2.42. The van der Waals surface area contributed by atoms with Gasteiger partial charge >= 0.3 is 0 Å². The predicted octanol–water partition coefficient (Wildman–Crippen LogP) is 2.94. The largest absolute Gasteiger partial charge is 0.386 e. The summed E-state index contributed by atoms with van der Waals surface area (Å²) in [6.07, 6.45) is 1.43. The summed E-state index contributed by atoms with van der Waals surface area (Å²) in [6, 6.07) is 9.58. The van der Waals surface area contributed by atoms with E-state index < -0.39 is 6.10 Å². The van der Waals surface area contributed by atoms with E-state index in [2.05, 4.69) is 6.92 Å². The Labute approximate surface area is 110 Å². The van der Waals surface area contributed by atoms with Gasteiger partial charge in [-0.15, -0.1) is 0 Å². The minimum absolute atomic E-state index is 0.220. The molecule has 2 atom stereocenters. The van der Waals surface area contributed by atoms with Crippen LogP contribution < -0.4 is 0 Å². The first-order valence-corrected chi connectivity index (χ1v) is 6.68. The third kappa shape index (κ3) is 5.63. The maximum Gasteiger partial charge on any atom is 0.105 e. The molecule has 0 aromatic heterocycles. The van der Waals surface area contributed by atoms with Gasteiger partial charge in [0.05, 0.1) is 19.3 Å². The van der Waals surface area contributed by atoms with Gasteiger partial charge in [0.15, 0.2) is 0 Å². The Morgan fingerprint density at radius 2 is 1.83 bits per heavy atom. The van der Waals surface area contributed by atoms with Crippen molar-refractivity contribution < 1.29 is 14.6 Å². The van der Waals surface area contributed by atoms with Crippen LogP contribution in [0.5, 0.6) is 0 Å². The van der Waals surface area contributed by atoms with E-state index in [1.807, 2.05) is 37.3 Å². The average molecular weight is 252 g/mol. The molecule has 0 saturated heterocycles. The summed E-state index contributed by atoms with van der Waals surface area (Å²) in [4.78, 5) is 0. The van der Waals surface area contributed by atoms with Gasteiger partial charge in [-0.3, -0.25) is 0 Å². The number of unbranched alkanes of at least 4 members (excludes halogenated alkanes) is 1. The second-order valence-electron chi connectivity index (χ2n) is 4.40. The van der Waals surface area contributed by atoms with Crippen LogP contribution in [-0.4, -0.2) is 31.0 Å². The molecule has 3 heteroatoms. The maximum atomic E-state index is 10.1. The molecule has 1 rings (SSSR count). The molecule has 0 radical (unpaired) electrons. The fraction of sp³-hybridized carbons (Fsp3) is 0.600. The van der Waals surface area contributed by atoms with Gasteiger partial charge in [-0.1, -0.05) is 43.7 Å². The second-order valence-corrected chi connectivity index (χ2v) is 4.40. The van der Waals surface area contributed by atoms with E-state index in [1.165, 1.54) is 0 Å². The highest BCUT2D eigenvalue weighted by molar-refractivity contribution is 5.18. The normalized spacial score (nSPS) is 14.4. The Balaban J connectivity index is 2.18. The van der Waals surface area contributed by atoms with Gasteiger partial charge < -0.3 is 14.6 Å². The summed E-state index contributed by atoms with van der Waals surface area (Å²) in [6.45, 7) is 5.91. The molecule has 102 valence electrons. The van der Waals surface area contributed by atoms with E-state index in [0.29, 0.717) is 13.2 Å². The van der Waals surface area contributed by atoms with E-state index in [-0.39, 0.29) is 6.10 Å². The van der Waals surface area contributed by atoms with Gasteiger partial charge in [-0.05, 0) is 18.9 Å². The van der Waals surface area contributed by atoms with Gasteiger partial charge in [0.25, 0.3) is 0 Å². The van der Waals surface area contributed by atoms with Crippen molar-refractivity contribution in [3.05, 3.63) is 35.9 Å². The van der Waals surface area contributed by atoms with Crippen molar-refractivity contribution in [3.63, 3.8) is 0 Å². The number of benzene rings is 1. The molecular formula is C15H24O3. The van der Waals surface area contributed by atoms with Crippen molar-refractivity contribution in [1.82, 2.24) is 0 Å². The van der Waals surface area contributed by atoms with Gasteiger partial charge in [0, 0.05) is 6.61 Å². The fourth-order valence-corrected chi connectivity index (χ4v) is 1.65. The molecular weight excluding hydrogens is 228 g/mol. The number of aliphatic hydroxyl groups excluding tert-OH is 1. The fourth-order valence-electron chi connectivity index (χ4n) is 1.65. The summed E-state index contributed by atoms with van der Waals surface area (Å²) in [5.74, 6) is 0. The molecule has 0 spiro atoms. The molecule has 0 bridgehead atoms. The number of ether oxygens (including phenoxy) is 2. The lowest BCUT2D eigenvalue weighted by atomic mass is 10.1. The molecule has 3 nitrogen and oxygen atoms in total. The van der Waals surface area contributed by atoms with Crippen molar-refractivity contribution in [2.24, 2.45) is 0 Å². The molecule has 2 unspecified atom stereocenters. The summed E-state index contributed by atoms with van der Waals surface area (Å²) >= 11 is 0. The van der Waals surface area contributed by atoms with Crippen LogP contribution in [0.25, 0.3) is 0 Å². The van der Waals surface area contributed by atoms with Crippen LogP contribution in [0.4, 0.5) is 0 Å². The smallest absolute Gasteiger partial charge is 0.105 e. The Morgan fingerprint density at radius 3 is 2.50 bits per heavy atom. The van der Waals surface area contributed by atoms with Crippen molar-refractivity contribution in [1.29, 1.82) is 0 Å². The predicted molar refractivity (Wildman–Crippen MR) is 72.5 cm³/mol. The molecule has 0 saturated carbocycles. The summed E-state index contributed by atoms with van der Waals surface area (Å²) in [5, 5.41) is 10.1. The maximum absolute atomic E-state index is 10.1. The van der Waals surface area contributed by atoms with Crippen LogP contribution in [-0.2, 0) is 9.47 Å². The van der Waals surface area contributed by atoms with Crippen LogP contribution in [0.3, 0.4) is 0 Å². The first-order chi connectivity index (χ1) is 8.75. The number of hydrogen-bond acceptors (Lipinski definition) is 3. The zero-order valence-electron chi connectivity index (χ0n) is 11.3. The van der Waals surface area contributed by atoms with Crippen LogP contribution in [0.1, 0.15) is 38.4 Å². The summed E-state index contributed by atoms with van der Waals surface area (Å²) < 4.78 is 11.0. The highest BCUT2D eigenvalue weighted by Gasteiger charge is 2.16. The van der Waals surface area contributed by atoms with Crippen molar-refractivity contribution >= 4 is 0 Å². The van der Waals surface area contributed by atoms with Gasteiger partial charge in [0.2, 0.25) is 0 Å². The van der Waals surface area contributed by atoms with E-state index in [9.17, 15) is 5.11 Å². The van der Waals surface area contributed by atoms with Crippen LogP contribution >= 0.6 is 0 Å². The highest BCUT2D eigenvalue weighted by Crippen LogP contribution is 2.18. The highest BCUT2D eigenvalue weighted by atomic mass is 16.5. The summed E-state index contributed by atoms with van der Waals surface area (Å²) in [7, 11) is 0. The molecule has 1 aromatic rings. The second kappa shape index (κ2) is 9.09. The SMILES string of the molecule is CCCCOCCOC(C)C(O)c1ccccc1. The Kier molecular flexibility index (Phi) is 7.65. The lowest BCUT2D eigenvalue weighted by Crippen LogP contribution is -2.21. The molecule has 18 heavy (non-hydrogen) atoms. The minimum Gasteiger partial charge on any atom is -0.386 e. The zero-order chi connectivity index (χ0) is 13.2. The zero-order valence-corrected chi connectivity index (χ0v) is 11.3. The standard InChI is InChI=1S/C15H24O3/c1-3-4-10-17-11-12-18-13(2)15(16)14-8-6-5-7-9-14/h5-9,13,15-16H,3-4,10-12H2,1-2H3. The molecule has 1 aromatic carbocycles. The Morgan fingerprint density at radius 1 is 1.11 bits per heavy atom. The first kappa shape index (κ1) is 15.2. The Bertz CT molecular complexity index is 300. The number of aliphatic hydroxyl groups is 1. The lowest BCUT2D eigenvalue weighted by Gasteiger charge is -2.19. The van der Waals surface area contributed by atoms with E-state index in [0.717, 1.165) is 25.0 Å². The van der Waals surface area contributed by atoms with Crippen molar-refractivity contribution in [3.8, 4) is 0 Å². The summed E-state index contributed by atoms with van der Waals surface area (Å²) in [5.41, 5.74) is 0.886. The number of rotatable bonds is 9. The molecule has 1 N–H and O–H groups in total. The molecule has 0 aliphatic carbocycles. The molecule has 0 amide bonds. The molecule has 0 aliphatic rings. The van der Waals surface area contributed by atoms with Crippen molar-refractivity contribution in [2.45, 2.75) is 38.9 Å². The van der Waals surface area contributed by atoms with E-state index >= 15 is 0 Å². The third-order valence-corrected chi connectivity index (χ3v) is 2.84. The number of hydrogen-bond donors (Lipinski definition) is 1. The monoisotopic (exact) mass is 252 g/mol. The van der Waals surface area contributed by atoms with Crippen LogP contribution in [0.15, 0.2) is 30.3 Å². The molecule has 0 heterocycles. The Hall–Kier alpha value is -0.900. The molecule has 0 aliphatic heterocycles. The third-order valence-electron chi connectivity index (χ3n) is 2.84. The van der Waals surface area contributed by atoms with Crippen LogP contribution in [0.2, 0.25) is 0 Å². The van der Waals surface area contributed by atoms with E-state index in [4.69, 9.17) is 9.47 Å². The van der Waals surface area contributed by atoms with E-state index in [1.54, 1.807) is 0 Å². The molecule has 0 fully saturated rings. The first-order valence-electron chi connectivity index (χ1n) is 6.68. The quantitative estimate of drug-likeness (QED) is 0.687. The minimum atomic E-state index is -0.582.